The number of hydrogen-bond acceptors (Lipinski definition) is 5. The van der Waals surface area contributed by atoms with Gasteiger partial charge in [-0.15, -0.1) is 0 Å². The maximum Gasteiger partial charge on any atom is 0.253 e. The standard InChI is InChI=1S/C23H27N3O4S/c1-28-10-9-24-23(31)26(14-16-7-5-4-6-8-16)15-18-11-17-12-20(29-2)21(30-3)13-19(17)25-22(18)27/h4-8,11-13H,9-10,14-15H2,1-3H3,(H,24,31)(H,25,27). The number of thiocarbonyl (C=S) groups is 1. The number of hydrogen-bond donors (Lipinski definition) is 2. The summed E-state index contributed by atoms with van der Waals surface area (Å²) in [6.45, 7) is 2.06. The van der Waals surface area contributed by atoms with E-state index >= 15 is 0 Å². The van der Waals surface area contributed by atoms with Crippen molar-refractivity contribution in [3.63, 3.8) is 0 Å². The Balaban J connectivity index is 1.92. The molecule has 0 fully saturated rings. The van der Waals surface area contributed by atoms with Crippen LogP contribution in [0.25, 0.3) is 10.9 Å². The molecular formula is C23H27N3O4S. The highest BCUT2D eigenvalue weighted by atomic mass is 32.1. The van der Waals surface area contributed by atoms with Gasteiger partial charge in [-0.05, 0) is 29.9 Å². The summed E-state index contributed by atoms with van der Waals surface area (Å²) in [5.74, 6) is 1.17. The van der Waals surface area contributed by atoms with Crippen LogP contribution in [0.2, 0.25) is 0 Å². The number of ether oxygens (including phenoxy) is 3. The summed E-state index contributed by atoms with van der Waals surface area (Å²) in [4.78, 5) is 17.7. The lowest BCUT2D eigenvalue weighted by Crippen LogP contribution is -2.41. The zero-order chi connectivity index (χ0) is 22.2. The van der Waals surface area contributed by atoms with Gasteiger partial charge in [0.25, 0.3) is 5.56 Å². The third-order valence-corrected chi connectivity index (χ3v) is 5.27. The van der Waals surface area contributed by atoms with Crippen LogP contribution < -0.4 is 20.3 Å². The Morgan fingerprint density at radius 1 is 1.03 bits per heavy atom. The lowest BCUT2D eigenvalue weighted by Gasteiger charge is -2.26. The van der Waals surface area contributed by atoms with Crippen molar-refractivity contribution < 1.29 is 14.2 Å². The lowest BCUT2D eigenvalue weighted by molar-refractivity contribution is 0.202. The number of fused-ring (bicyclic) bond motifs is 1. The minimum absolute atomic E-state index is 0.169. The topological polar surface area (TPSA) is 75.8 Å². The lowest BCUT2D eigenvalue weighted by atomic mass is 10.1. The molecule has 1 heterocycles. The summed E-state index contributed by atoms with van der Waals surface area (Å²) >= 11 is 5.61. The molecule has 3 aromatic rings. The van der Waals surface area contributed by atoms with E-state index in [0.29, 0.717) is 53.9 Å². The number of rotatable bonds is 9. The minimum atomic E-state index is -0.169. The zero-order valence-electron chi connectivity index (χ0n) is 17.9. The maximum atomic E-state index is 12.8. The molecule has 0 aliphatic heterocycles. The van der Waals surface area contributed by atoms with Crippen LogP contribution in [-0.4, -0.2) is 49.5 Å². The Labute approximate surface area is 186 Å². The monoisotopic (exact) mass is 441 g/mol. The zero-order valence-corrected chi connectivity index (χ0v) is 18.8. The summed E-state index contributed by atoms with van der Waals surface area (Å²) in [5.41, 5.74) is 2.22. The van der Waals surface area contributed by atoms with Crippen molar-refractivity contribution in [1.82, 2.24) is 15.2 Å². The van der Waals surface area contributed by atoms with E-state index in [4.69, 9.17) is 26.4 Å². The fraction of sp³-hybridized carbons (Fsp3) is 0.304. The van der Waals surface area contributed by atoms with E-state index in [1.807, 2.05) is 47.4 Å². The van der Waals surface area contributed by atoms with Gasteiger partial charge in [-0.3, -0.25) is 4.79 Å². The van der Waals surface area contributed by atoms with Gasteiger partial charge in [-0.2, -0.15) is 0 Å². The van der Waals surface area contributed by atoms with Crippen LogP contribution in [-0.2, 0) is 17.8 Å². The highest BCUT2D eigenvalue weighted by molar-refractivity contribution is 7.80. The average molecular weight is 442 g/mol. The molecule has 0 radical (unpaired) electrons. The molecule has 0 amide bonds. The van der Waals surface area contributed by atoms with Gasteiger partial charge in [-0.25, -0.2) is 0 Å². The molecule has 0 saturated carbocycles. The van der Waals surface area contributed by atoms with E-state index in [9.17, 15) is 4.79 Å². The highest BCUT2D eigenvalue weighted by Crippen LogP contribution is 2.31. The van der Waals surface area contributed by atoms with Gasteiger partial charge < -0.3 is 29.4 Å². The molecule has 0 aliphatic rings. The van der Waals surface area contributed by atoms with E-state index in [0.717, 1.165) is 10.9 Å². The van der Waals surface area contributed by atoms with Crippen molar-refractivity contribution in [2.75, 3.05) is 34.5 Å². The molecule has 3 rings (SSSR count). The Morgan fingerprint density at radius 3 is 2.42 bits per heavy atom. The molecule has 0 atom stereocenters. The van der Waals surface area contributed by atoms with E-state index in [2.05, 4.69) is 10.3 Å². The van der Waals surface area contributed by atoms with Gasteiger partial charge >= 0.3 is 0 Å². The first-order valence-electron chi connectivity index (χ1n) is 9.89. The van der Waals surface area contributed by atoms with Crippen molar-refractivity contribution in [2.45, 2.75) is 13.1 Å². The fourth-order valence-electron chi connectivity index (χ4n) is 3.28. The summed E-state index contributed by atoms with van der Waals surface area (Å²) in [7, 11) is 4.79. The van der Waals surface area contributed by atoms with Crippen LogP contribution in [0.3, 0.4) is 0 Å². The Kier molecular flexibility index (Phi) is 7.86. The molecule has 0 bridgehead atoms. The average Bonchev–Trinajstić information content (AvgIpc) is 2.79. The maximum absolute atomic E-state index is 12.8. The summed E-state index contributed by atoms with van der Waals surface area (Å²) in [5, 5.41) is 4.61. The summed E-state index contributed by atoms with van der Waals surface area (Å²) in [6.07, 6.45) is 0. The second kappa shape index (κ2) is 10.8. The largest absolute Gasteiger partial charge is 0.493 e. The molecule has 7 nitrogen and oxygen atoms in total. The molecule has 2 N–H and O–H groups in total. The second-order valence-corrected chi connectivity index (χ2v) is 7.37. The summed E-state index contributed by atoms with van der Waals surface area (Å²) in [6, 6.07) is 15.5. The third-order valence-electron chi connectivity index (χ3n) is 4.87. The van der Waals surface area contributed by atoms with Crippen LogP contribution in [0.1, 0.15) is 11.1 Å². The van der Waals surface area contributed by atoms with E-state index < -0.39 is 0 Å². The number of nitrogens with zero attached hydrogens (tertiary/aromatic N) is 1. The quantitative estimate of drug-likeness (QED) is 0.390. The van der Waals surface area contributed by atoms with Gasteiger partial charge in [0.05, 0.1) is 32.9 Å². The van der Waals surface area contributed by atoms with Crippen LogP contribution in [0.4, 0.5) is 0 Å². The number of pyridine rings is 1. The molecule has 0 aliphatic carbocycles. The predicted molar refractivity (Wildman–Crippen MR) is 126 cm³/mol. The SMILES string of the molecule is COCCNC(=S)N(Cc1ccccc1)Cc1cc2cc(OC)c(OC)cc2[nH]c1=O. The van der Waals surface area contributed by atoms with Gasteiger partial charge in [0.15, 0.2) is 16.6 Å². The summed E-state index contributed by atoms with van der Waals surface area (Å²) < 4.78 is 15.8. The number of nitrogens with one attached hydrogen (secondary N) is 2. The number of H-pyrrole nitrogens is 1. The Hall–Kier alpha value is -3.10. The molecule has 31 heavy (non-hydrogen) atoms. The number of aromatic amines is 1. The first-order valence-corrected chi connectivity index (χ1v) is 10.3. The molecule has 8 heteroatoms. The molecule has 2 aromatic carbocycles. The molecule has 1 aromatic heterocycles. The third kappa shape index (κ3) is 5.74. The second-order valence-electron chi connectivity index (χ2n) is 6.98. The van der Waals surface area contributed by atoms with Gasteiger partial charge in [-0.1, -0.05) is 30.3 Å². The van der Waals surface area contributed by atoms with Gasteiger partial charge in [0.2, 0.25) is 0 Å². The number of methoxy groups -OCH3 is 3. The van der Waals surface area contributed by atoms with Crippen molar-refractivity contribution in [3.8, 4) is 11.5 Å². The number of aromatic nitrogens is 1. The molecule has 0 spiro atoms. The minimum Gasteiger partial charge on any atom is -0.493 e. The normalized spacial score (nSPS) is 10.7. The van der Waals surface area contributed by atoms with Crippen molar-refractivity contribution in [3.05, 3.63) is 70.0 Å². The van der Waals surface area contributed by atoms with Gasteiger partial charge in [0, 0.05) is 37.2 Å². The fourth-order valence-corrected chi connectivity index (χ4v) is 3.51. The Bertz CT molecular complexity index is 1090. The first kappa shape index (κ1) is 22.6. The predicted octanol–water partition coefficient (Wildman–Crippen LogP) is 3.07. The van der Waals surface area contributed by atoms with E-state index in [1.54, 1.807) is 27.4 Å². The Morgan fingerprint density at radius 2 is 1.74 bits per heavy atom. The van der Waals surface area contributed by atoms with E-state index in [1.165, 1.54) is 0 Å². The molecule has 0 saturated heterocycles. The van der Waals surface area contributed by atoms with Crippen molar-refractivity contribution in [1.29, 1.82) is 0 Å². The number of benzene rings is 2. The van der Waals surface area contributed by atoms with Crippen molar-refractivity contribution >= 4 is 28.2 Å². The van der Waals surface area contributed by atoms with Crippen LogP contribution in [0, 0.1) is 0 Å². The van der Waals surface area contributed by atoms with Crippen molar-refractivity contribution in [2.24, 2.45) is 0 Å². The van der Waals surface area contributed by atoms with Crippen LogP contribution >= 0.6 is 12.2 Å². The van der Waals surface area contributed by atoms with Gasteiger partial charge in [0.1, 0.15) is 0 Å². The van der Waals surface area contributed by atoms with Crippen LogP contribution in [0.5, 0.6) is 11.5 Å². The molecular weight excluding hydrogens is 414 g/mol. The molecule has 0 unspecified atom stereocenters. The smallest absolute Gasteiger partial charge is 0.253 e. The van der Waals surface area contributed by atoms with Crippen LogP contribution in [0.15, 0.2) is 53.3 Å². The first-order chi connectivity index (χ1) is 15.0. The van der Waals surface area contributed by atoms with E-state index in [-0.39, 0.29) is 5.56 Å². The molecule has 164 valence electrons. The highest BCUT2D eigenvalue weighted by Gasteiger charge is 2.15.